The van der Waals surface area contributed by atoms with Gasteiger partial charge in [0.05, 0.1) is 5.92 Å². The molecule has 14 heavy (non-hydrogen) atoms. The van der Waals surface area contributed by atoms with E-state index in [0.717, 1.165) is 38.8 Å². The maximum Gasteiger partial charge on any atom is 0.308 e. The number of carboxylic acid groups (broad SMARTS) is 1. The number of rotatable bonds is 3. The summed E-state index contributed by atoms with van der Waals surface area (Å²) in [6.07, 6.45) is 4.33. The van der Waals surface area contributed by atoms with Crippen LogP contribution >= 0.6 is 0 Å². The van der Waals surface area contributed by atoms with Crippen LogP contribution in [0, 0.1) is 11.8 Å². The standard InChI is InChI=1S/C11H19NO2/c1-2-3-9-10(11(13)14)8-4-6-12(9)7-5-8/h8-10H,2-7H2,1H3,(H,13,14). The molecular formula is C11H19NO2. The topological polar surface area (TPSA) is 40.5 Å². The van der Waals surface area contributed by atoms with Crippen molar-refractivity contribution in [2.24, 2.45) is 11.8 Å². The van der Waals surface area contributed by atoms with Crippen molar-refractivity contribution in [2.75, 3.05) is 13.1 Å². The van der Waals surface area contributed by atoms with Gasteiger partial charge in [0, 0.05) is 6.04 Å². The first kappa shape index (κ1) is 9.97. The second-order valence-corrected chi connectivity index (χ2v) is 4.59. The third-order valence-corrected chi connectivity index (χ3v) is 3.84. The smallest absolute Gasteiger partial charge is 0.308 e. The predicted octanol–water partition coefficient (Wildman–Crippen LogP) is 1.58. The molecule has 2 atom stereocenters. The third kappa shape index (κ3) is 1.54. The summed E-state index contributed by atoms with van der Waals surface area (Å²) >= 11 is 0. The summed E-state index contributed by atoms with van der Waals surface area (Å²) in [5.74, 6) is -0.204. The molecule has 3 nitrogen and oxygen atoms in total. The Labute approximate surface area is 85.1 Å². The average Bonchev–Trinajstić information content (AvgIpc) is 2.19. The van der Waals surface area contributed by atoms with Crippen LogP contribution in [0.15, 0.2) is 0 Å². The lowest BCUT2D eigenvalue weighted by molar-refractivity contribution is -0.153. The summed E-state index contributed by atoms with van der Waals surface area (Å²) in [7, 11) is 0. The number of piperidine rings is 3. The zero-order valence-corrected chi connectivity index (χ0v) is 8.78. The molecule has 3 rings (SSSR count). The molecule has 3 heterocycles. The SMILES string of the molecule is CCCC1C(C(=O)O)C2CCN1CC2. The molecule has 2 unspecified atom stereocenters. The Balaban J connectivity index is 2.14. The highest BCUT2D eigenvalue weighted by Crippen LogP contribution is 2.38. The quantitative estimate of drug-likeness (QED) is 0.746. The van der Waals surface area contributed by atoms with Crippen molar-refractivity contribution in [3.8, 4) is 0 Å². The highest BCUT2D eigenvalue weighted by molar-refractivity contribution is 5.71. The zero-order valence-electron chi connectivity index (χ0n) is 8.78. The van der Waals surface area contributed by atoms with E-state index in [2.05, 4.69) is 11.8 Å². The molecule has 3 saturated heterocycles. The third-order valence-electron chi connectivity index (χ3n) is 3.84. The maximum atomic E-state index is 11.2. The molecule has 3 heteroatoms. The van der Waals surface area contributed by atoms with Crippen LogP contribution in [0.5, 0.6) is 0 Å². The minimum absolute atomic E-state index is 0.0857. The molecule has 0 aromatic carbocycles. The van der Waals surface area contributed by atoms with E-state index in [1.54, 1.807) is 0 Å². The van der Waals surface area contributed by atoms with Gasteiger partial charge in [0.25, 0.3) is 0 Å². The summed E-state index contributed by atoms with van der Waals surface area (Å²) in [6, 6.07) is 0.324. The minimum Gasteiger partial charge on any atom is -0.481 e. The van der Waals surface area contributed by atoms with Crippen molar-refractivity contribution >= 4 is 5.97 Å². The molecule has 3 aliphatic rings. The number of hydrogen-bond donors (Lipinski definition) is 1. The van der Waals surface area contributed by atoms with Crippen LogP contribution in [-0.2, 0) is 4.79 Å². The van der Waals surface area contributed by atoms with Crippen LogP contribution < -0.4 is 0 Å². The van der Waals surface area contributed by atoms with Gasteiger partial charge in [-0.05, 0) is 38.3 Å². The second kappa shape index (κ2) is 3.89. The van der Waals surface area contributed by atoms with Crippen LogP contribution in [0.25, 0.3) is 0 Å². The molecule has 3 fully saturated rings. The van der Waals surface area contributed by atoms with E-state index >= 15 is 0 Å². The Morgan fingerprint density at radius 1 is 1.43 bits per heavy atom. The molecule has 0 amide bonds. The van der Waals surface area contributed by atoms with Gasteiger partial charge in [0.15, 0.2) is 0 Å². The largest absolute Gasteiger partial charge is 0.481 e. The molecule has 3 aliphatic heterocycles. The van der Waals surface area contributed by atoms with Crippen LogP contribution in [-0.4, -0.2) is 35.1 Å². The molecule has 0 aromatic rings. The summed E-state index contributed by atoms with van der Waals surface area (Å²) in [6.45, 7) is 4.39. The van der Waals surface area contributed by atoms with Crippen LogP contribution in [0.1, 0.15) is 32.6 Å². The van der Waals surface area contributed by atoms with Crippen molar-refractivity contribution in [1.29, 1.82) is 0 Å². The van der Waals surface area contributed by atoms with Gasteiger partial charge in [-0.1, -0.05) is 13.3 Å². The van der Waals surface area contributed by atoms with E-state index in [0.29, 0.717) is 12.0 Å². The van der Waals surface area contributed by atoms with Gasteiger partial charge in [-0.15, -0.1) is 0 Å². The summed E-state index contributed by atoms with van der Waals surface area (Å²) in [4.78, 5) is 13.6. The minimum atomic E-state index is -0.571. The van der Waals surface area contributed by atoms with E-state index in [-0.39, 0.29) is 5.92 Å². The monoisotopic (exact) mass is 197 g/mol. The molecule has 0 saturated carbocycles. The first-order chi connectivity index (χ1) is 6.74. The summed E-state index contributed by atoms with van der Waals surface area (Å²) < 4.78 is 0. The Morgan fingerprint density at radius 3 is 2.57 bits per heavy atom. The van der Waals surface area contributed by atoms with Gasteiger partial charge in [0.2, 0.25) is 0 Å². The number of nitrogens with zero attached hydrogens (tertiary/aromatic N) is 1. The van der Waals surface area contributed by atoms with E-state index in [1.165, 1.54) is 0 Å². The second-order valence-electron chi connectivity index (χ2n) is 4.59. The normalized spacial score (nSPS) is 41.2. The zero-order chi connectivity index (χ0) is 10.1. The summed E-state index contributed by atoms with van der Waals surface area (Å²) in [5, 5.41) is 9.23. The maximum absolute atomic E-state index is 11.2. The fourth-order valence-electron chi connectivity index (χ4n) is 3.18. The van der Waals surface area contributed by atoms with E-state index in [9.17, 15) is 9.90 Å². The van der Waals surface area contributed by atoms with E-state index in [1.807, 2.05) is 0 Å². The first-order valence-corrected chi connectivity index (χ1v) is 5.71. The fraction of sp³-hybridized carbons (Fsp3) is 0.909. The molecule has 0 aliphatic carbocycles. The van der Waals surface area contributed by atoms with Gasteiger partial charge >= 0.3 is 5.97 Å². The van der Waals surface area contributed by atoms with Crippen molar-refractivity contribution in [1.82, 2.24) is 4.90 Å². The van der Waals surface area contributed by atoms with Crippen LogP contribution in [0.2, 0.25) is 0 Å². The van der Waals surface area contributed by atoms with Gasteiger partial charge in [-0.3, -0.25) is 9.69 Å². The predicted molar refractivity (Wildman–Crippen MR) is 54.1 cm³/mol. The average molecular weight is 197 g/mol. The van der Waals surface area contributed by atoms with Crippen molar-refractivity contribution in [3.05, 3.63) is 0 Å². The molecule has 0 spiro atoms. The number of aliphatic carboxylic acids is 1. The Kier molecular flexibility index (Phi) is 2.77. The highest BCUT2D eigenvalue weighted by Gasteiger charge is 2.45. The lowest BCUT2D eigenvalue weighted by Crippen LogP contribution is -2.57. The number of hydrogen-bond acceptors (Lipinski definition) is 2. The fourth-order valence-corrected chi connectivity index (χ4v) is 3.18. The van der Waals surface area contributed by atoms with Gasteiger partial charge in [-0.2, -0.15) is 0 Å². The molecule has 2 bridgehead atoms. The highest BCUT2D eigenvalue weighted by atomic mass is 16.4. The molecule has 80 valence electrons. The number of carbonyl (C=O) groups is 1. The Hall–Kier alpha value is -0.570. The number of carboxylic acids is 1. The van der Waals surface area contributed by atoms with Crippen LogP contribution in [0.4, 0.5) is 0 Å². The molecule has 0 aromatic heterocycles. The van der Waals surface area contributed by atoms with E-state index < -0.39 is 5.97 Å². The van der Waals surface area contributed by atoms with Crippen molar-refractivity contribution in [2.45, 2.75) is 38.6 Å². The van der Waals surface area contributed by atoms with Gasteiger partial charge < -0.3 is 5.11 Å². The molecule has 0 radical (unpaired) electrons. The van der Waals surface area contributed by atoms with E-state index in [4.69, 9.17) is 0 Å². The lowest BCUT2D eigenvalue weighted by atomic mass is 9.72. The molecule has 1 N–H and O–H groups in total. The molecular weight excluding hydrogens is 178 g/mol. The van der Waals surface area contributed by atoms with Gasteiger partial charge in [0.1, 0.15) is 0 Å². The first-order valence-electron chi connectivity index (χ1n) is 5.71. The lowest BCUT2D eigenvalue weighted by Gasteiger charge is -2.49. The summed E-state index contributed by atoms with van der Waals surface area (Å²) in [5.41, 5.74) is 0. The van der Waals surface area contributed by atoms with Gasteiger partial charge in [-0.25, -0.2) is 0 Å². The number of fused-ring (bicyclic) bond motifs is 3. The Morgan fingerprint density at radius 2 is 2.07 bits per heavy atom. The van der Waals surface area contributed by atoms with Crippen molar-refractivity contribution in [3.63, 3.8) is 0 Å². The Bertz CT molecular complexity index is 221. The van der Waals surface area contributed by atoms with Crippen LogP contribution in [0.3, 0.4) is 0 Å². The van der Waals surface area contributed by atoms with Crippen molar-refractivity contribution < 1.29 is 9.90 Å².